The molecule has 0 spiro atoms. The Labute approximate surface area is 208 Å². The SMILES string of the molecule is CCCCSc1nc(NC2C[C@H]2c2ccccc2)c2nnn([C@@H]3C[C@H](OCCO)[C@@H](O)[C@H]3O)c2n1. The number of aromatic nitrogens is 5. The van der Waals surface area contributed by atoms with Gasteiger partial charge in [0.15, 0.2) is 22.1 Å². The van der Waals surface area contributed by atoms with Crippen LogP contribution in [0.3, 0.4) is 0 Å². The van der Waals surface area contributed by atoms with Crippen LogP contribution in [0.15, 0.2) is 35.5 Å². The smallest absolute Gasteiger partial charge is 0.191 e. The quantitative estimate of drug-likeness (QED) is 0.176. The summed E-state index contributed by atoms with van der Waals surface area (Å²) < 4.78 is 7.12. The number of thioether (sulfide) groups is 1. The molecule has 0 saturated heterocycles. The highest BCUT2D eigenvalue weighted by Gasteiger charge is 2.45. The molecule has 35 heavy (non-hydrogen) atoms. The van der Waals surface area contributed by atoms with Gasteiger partial charge in [-0.1, -0.05) is 60.7 Å². The molecule has 3 aromatic rings. The summed E-state index contributed by atoms with van der Waals surface area (Å²) in [7, 11) is 0. The maximum Gasteiger partial charge on any atom is 0.191 e. The van der Waals surface area contributed by atoms with Gasteiger partial charge < -0.3 is 25.4 Å². The molecule has 1 unspecified atom stereocenters. The molecule has 2 fully saturated rings. The highest BCUT2D eigenvalue weighted by Crippen LogP contribution is 2.43. The van der Waals surface area contributed by atoms with E-state index < -0.39 is 24.4 Å². The van der Waals surface area contributed by atoms with E-state index in [0.717, 1.165) is 25.0 Å². The zero-order valence-corrected chi connectivity index (χ0v) is 20.5. The third kappa shape index (κ3) is 5.14. The third-order valence-electron chi connectivity index (χ3n) is 6.71. The van der Waals surface area contributed by atoms with Crippen molar-refractivity contribution in [3.8, 4) is 0 Å². The molecule has 2 aliphatic rings. The molecule has 1 aromatic carbocycles. The first-order valence-electron chi connectivity index (χ1n) is 12.3. The summed E-state index contributed by atoms with van der Waals surface area (Å²) in [4.78, 5) is 9.51. The molecule has 0 radical (unpaired) electrons. The lowest BCUT2D eigenvalue weighted by Crippen LogP contribution is -2.33. The summed E-state index contributed by atoms with van der Waals surface area (Å²) in [5, 5.41) is 43.2. The number of aliphatic hydroxyl groups excluding tert-OH is 3. The van der Waals surface area contributed by atoms with Crippen LogP contribution in [-0.4, -0.2) is 83.6 Å². The molecular formula is C24H32N6O4S. The van der Waals surface area contributed by atoms with Crippen LogP contribution >= 0.6 is 11.8 Å². The van der Waals surface area contributed by atoms with Crippen molar-refractivity contribution in [1.29, 1.82) is 0 Å². The maximum absolute atomic E-state index is 10.7. The van der Waals surface area contributed by atoms with Crippen molar-refractivity contribution in [2.45, 2.75) is 74.1 Å². The first-order valence-corrected chi connectivity index (χ1v) is 13.2. The Balaban J connectivity index is 1.43. The van der Waals surface area contributed by atoms with E-state index in [2.05, 4.69) is 46.8 Å². The average Bonchev–Trinajstić information content (AvgIpc) is 3.42. The van der Waals surface area contributed by atoms with Gasteiger partial charge in [-0.3, -0.25) is 0 Å². The van der Waals surface area contributed by atoms with Gasteiger partial charge in [0.2, 0.25) is 0 Å². The third-order valence-corrected chi connectivity index (χ3v) is 7.64. The second-order valence-corrected chi connectivity index (χ2v) is 10.2. The van der Waals surface area contributed by atoms with Crippen molar-refractivity contribution in [3.63, 3.8) is 0 Å². The molecule has 2 saturated carbocycles. The van der Waals surface area contributed by atoms with Gasteiger partial charge in [0, 0.05) is 24.1 Å². The zero-order chi connectivity index (χ0) is 24.4. The van der Waals surface area contributed by atoms with Gasteiger partial charge in [0.05, 0.1) is 25.4 Å². The summed E-state index contributed by atoms with van der Waals surface area (Å²) in [5.74, 6) is 1.97. The van der Waals surface area contributed by atoms with Crippen molar-refractivity contribution >= 4 is 28.7 Å². The molecule has 10 nitrogen and oxygen atoms in total. The van der Waals surface area contributed by atoms with E-state index in [4.69, 9.17) is 19.8 Å². The van der Waals surface area contributed by atoms with Gasteiger partial charge >= 0.3 is 0 Å². The van der Waals surface area contributed by atoms with Crippen LogP contribution in [0.5, 0.6) is 0 Å². The summed E-state index contributed by atoms with van der Waals surface area (Å²) in [5.41, 5.74) is 2.37. The summed E-state index contributed by atoms with van der Waals surface area (Å²) in [6.45, 7) is 2.09. The highest BCUT2D eigenvalue weighted by molar-refractivity contribution is 7.99. The Bertz CT molecular complexity index is 1130. The lowest BCUT2D eigenvalue weighted by molar-refractivity contribution is -0.0629. The molecule has 0 aliphatic heterocycles. The molecule has 5 rings (SSSR count). The number of rotatable bonds is 11. The second kappa shape index (κ2) is 10.8. The van der Waals surface area contributed by atoms with Crippen molar-refractivity contribution < 1.29 is 20.1 Å². The number of ether oxygens (including phenoxy) is 1. The summed E-state index contributed by atoms with van der Waals surface area (Å²) >= 11 is 1.59. The molecular weight excluding hydrogens is 468 g/mol. The zero-order valence-electron chi connectivity index (χ0n) is 19.7. The van der Waals surface area contributed by atoms with Crippen molar-refractivity contribution in [2.75, 3.05) is 24.3 Å². The van der Waals surface area contributed by atoms with E-state index in [1.54, 1.807) is 16.4 Å². The van der Waals surface area contributed by atoms with Crippen LogP contribution in [0.25, 0.3) is 11.2 Å². The maximum atomic E-state index is 10.7. The number of unbranched alkanes of at least 4 members (excludes halogenated alkanes) is 1. The molecule has 11 heteroatoms. The Kier molecular flexibility index (Phi) is 7.49. The topological polar surface area (TPSA) is 138 Å². The van der Waals surface area contributed by atoms with E-state index in [-0.39, 0.29) is 19.3 Å². The van der Waals surface area contributed by atoms with Crippen LogP contribution < -0.4 is 5.32 Å². The molecule has 6 atom stereocenters. The van der Waals surface area contributed by atoms with Gasteiger partial charge in [-0.2, -0.15) is 0 Å². The number of nitrogens with zero attached hydrogens (tertiary/aromatic N) is 5. The lowest BCUT2D eigenvalue weighted by Gasteiger charge is -2.17. The molecule has 0 amide bonds. The Hall–Kier alpha value is -2.31. The molecule has 2 aliphatic carbocycles. The van der Waals surface area contributed by atoms with Crippen LogP contribution in [0.2, 0.25) is 0 Å². The van der Waals surface area contributed by atoms with Crippen LogP contribution in [-0.2, 0) is 4.74 Å². The number of aliphatic hydroxyl groups is 3. The molecule has 188 valence electrons. The normalized spacial score (nSPS) is 28.0. The minimum atomic E-state index is -1.09. The fourth-order valence-electron chi connectivity index (χ4n) is 4.68. The minimum Gasteiger partial charge on any atom is -0.394 e. The van der Waals surface area contributed by atoms with E-state index in [1.807, 2.05) is 6.07 Å². The fourth-order valence-corrected chi connectivity index (χ4v) is 5.61. The summed E-state index contributed by atoms with van der Waals surface area (Å²) in [6, 6.07) is 10.1. The number of benzene rings is 1. The largest absolute Gasteiger partial charge is 0.394 e. The van der Waals surface area contributed by atoms with Crippen molar-refractivity contribution in [1.82, 2.24) is 25.0 Å². The minimum absolute atomic E-state index is 0.0949. The van der Waals surface area contributed by atoms with E-state index in [0.29, 0.717) is 34.5 Å². The Morgan fingerprint density at radius 2 is 1.97 bits per heavy atom. The van der Waals surface area contributed by atoms with Crippen LogP contribution in [0.1, 0.15) is 50.1 Å². The summed E-state index contributed by atoms with van der Waals surface area (Å²) in [6.07, 6.45) is 0.727. The number of hydrogen-bond donors (Lipinski definition) is 4. The molecule has 4 N–H and O–H groups in total. The molecule has 2 heterocycles. The number of fused-ring (bicyclic) bond motifs is 1. The first kappa shape index (κ1) is 24.4. The monoisotopic (exact) mass is 500 g/mol. The van der Waals surface area contributed by atoms with Gasteiger partial charge in [0.1, 0.15) is 12.2 Å². The molecule has 2 aromatic heterocycles. The highest BCUT2D eigenvalue weighted by atomic mass is 32.2. The Morgan fingerprint density at radius 1 is 1.14 bits per heavy atom. The average molecular weight is 501 g/mol. The fraction of sp³-hybridized carbons (Fsp3) is 0.583. The van der Waals surface area contributed by atoms with Crippen LogP contribution in [0.4, 0.5) is 5.82 Å². The van der Waals surface area contributed by atoms with Gasteiger partial charge in [-0.25, -0.2) is 14.6 Å². The Morgan fingerprint density at radius 3 is 2.74 bits per heavy atom. The van der Waals surface area contributed by atoms with Gasteiger partial charge in [0.25, 0.3) is 0 Å². The lowest BCUT2D eigenvalue weighted by atomic mass is 10.1. The second-order valence-electron chi connectivity index (χ2n) is 9.18. The van der Waals surface area contributed by atoms with Crippen molar-refractivity contribution in [2.24, 2.45) is 0 Å². The van der Waals surface area contributed by atoms with Crippen LogP contribution in [0, 0.1) is 0 Å². The molecule has 0 bridgehead atoms. The van der Waals surface area contributed by atoms with Gasteiger partial charge in [-0.15, -0.1) is 5.10 Å². The number of anilines is 1. The number of hydrogen-bond acceptors (Lipinski definition) is 10. The predicted molar refractivity (Wildman–Crippen MR) is 132 cm³/mol. The predicted octanol–water partition coefficient (Wildman–Crippen LogP) is 2.13. The standard InChI is InChI=1S/C24H32N6O4S/c1-2-3-11-35-24-26-22(25-16-12-15(16)14-7-5-4-6-8-14)19-23(27-24)30(29-28-19)17-13-18(34-10-9-31)21(33)20(17)32/h4-8,15-18,20-21,31-33H,2-3,9-13H2,1H3,(H,25,26,27)/t15-,16?,17+,18-,20-,21+/m0/s1. The van der Waals surface area contributed by atoms with E-state index in [1.165, 1.54) is 5.56 Å². The van der Waals surface area contributed by atoms with Crippen molar-refractivity contribution in [3.05, 3.63) is 35.9 Å². The first-order chi connectivity index (χ1) is 17.1. The van der Waals surface area contributed by atoms with E-state index in [9.17, 15) is 10.2 Å². The number of nitrogens with one attached hydrogen (secondary N) is 1. The van der Waals surface area contributed by atoms with E-state index >= 15 is 0 Å². The van der Waals surface area contributed by atoms with Gasteiger partial charge in [-0.05, 0) is 18.4 Å².